The fourth-order valence-electron chi connectivity index (χ4n) is 2.18. The predicted molar refractivity (Wildman–Crippen MR) is 69.8 cm³/mol. The van der Waals surface area contributed by atoms with Gasteiger partial charge in [-0.05, 0) is 19.8 Å². The highest BCUT2D eigenvalue weighted by Crippen LogP contribution is 2.10. The van der Waals surface area contributed by atoms with Crippen LogP contribution in [0.5, 0.6) is 0 Å². The van der Waals surface area contributed by atoms with Crippen molar-refractivity contribution in [2.45, 2.75) is 45.7 Å². The Morgan fingerprint density at radius 1 is 1.42 bits per heavy atom. The van der Waals surface area contributed by atoms with Gasteiger partial charge in [0.15, 0.2) is 0 Å². The lowest BCUT2D eigenvalue weighted by molar-refractivity contribution is -0.137. The molecule has 1 aromatic rings. The molecular formula is C13H19N3O3. The van der Waals surface area contributed by atoms with Crippen molar-refractivity contribution in [1.82, 2.24) is 14.3 Å². The lowest BCUT2D eigenvalue weighted by Crippen LogP contribution is -2.25. The Balaban J connectivity index is 2.06. The molecule has 0 atom stereocenters. The Morgan fingerprint density at radius 2 is 2.26 bits per heavy atom. The molecule has 0 aliphatic carbocycles. The first kappa shape index (κ1) is 13.6. The maximum Gasteiger partial charge on any atom is 0.346 e. The minimum Gasteiger partial charge on any atom is -0.463 e. The third kappa shape index (κ3) is 3.33. The number of hydrogen-bond donors (Lipinski definition) is 0. The third-order valence-electron chi connectivity index (χ3n) is 3.10. The predicted octanol–water partition coefficient (Wildman–Crippen LogP) is 0.890. The van der Waals surface area contributed by atoms with E-state index in [9.17, 15) is 9.59 Å². The van der Waals surface area contributed by atoms with Crippen LogP contribution < -0.4 is 5.69 Å². The number of rotatable bonds is 4. The molecule has 0 bridgehead atoms. The summed E-state index contributed by atoms with van der Waals surface area (Å²) in [5, 5.41) is 4.32. The van der Waals surface area contributed by atoms with Crippen molar-refractivity contribution in [2.75, 3.05) is 6.61 Å². The molecule has 6 nitrogen and oxygen atoms in total. The van der Waals surface area contributed by atoms with Gasteiger partial charge in [-0.25, -0.2) is 14.3 Å². The molecular weight excluding hydrogens is 246 g/mol. The van der Waals surface area contributed by atoms with Gasteiger partial charge in [-0.2, -0.15) is 5.10 Å². The van der Waals surface area contributed by atoms with Crippen LogP contribution in [0.15, 0.2) is 16.9 Å². The van der Waals surface area contributed by atoms with Gasteiger partial charge >= 0.3 is 11.7 Å². The first-order valence-electron chi connectivity index (χ1n) is 6.72. The first-order chi connectivity index (χ1) is 9.22. The van der Waals surface area contributed by atoms with E-state index in [1.807, 2.05) is 0 Å². The number of aryl methyl sites for hydroxylation is 1. The molecule has 0 aromatic carbocycles. The lowest BCUT2D eigenvalue weighted by atomic mass is 10.2. The zero-order valence-electron chi connectivity index (χ0n) is 11.2. The SMILES string of the molecule is CCOC(=O)/C=C/Cn1nc2n(c1=O)CCCCC2. The van der Waals surface area contributed by atoms with E-state index in [1.54, 1.807) is 17.6 Å². The van der Waals surface area contributed by atoms with E-state index in [0.717, 1.165) is 38.1 Å². The number of aromatic nitrogens is 3. The fraction of sp³-hybridized carbons (Fsp3) is 0.615. The highest BCUT2D eigenvalue weighted by Gasteiger charge is 2.14. The van der Waals surface area contributed by atoms with E-state index in [2.05, 4.69) is 5.10 Å². The molecule has 0 N–H and O–H groups in total. The number of carbonyl (C=O) groups is 1. The second-order valence-electron chi connectivity index (χ2n) is 4.50. The topological polar surface area (TPSA) is 66.1 Å². The van der Waals surface area contributed by atoms with Gasteiger partial charge in [0.1, 0.15) is 5.82 Å². The van der Waals surface area contributed by atoms with Crippen molar-refractivity contribution in [1.29, 1.82) is 0 Å². The Morgan fingerprint density at radius 3 is 3.05 bits per heavy atom. The standard InChI is InChI=1S/C13H19N3O3/c1-2-19-12(17)8-6-10-16-13(18)15-9-5-3-4-7-11(15)14-16/h6,8H,2-5,7,9-10H2,1H3/b8-6+. The molecule has 0 radical (unpaired) electrons. The largest absolute Gasteiger partial charge is 0.463 e. The first-order valence-corrected chi connectivity index (χ1v) is 6.72. The van der Waals surface area contributed by atoms with Crippen LogP contribution in [0.3, 0.4) is 0 Å². The normalized spacial score (nSPS) is 15.2. The summed E-state index contributed by atoms with van der Waals surface area (Å²) >= 11 is 0. The molecule has 0 unspecified atom stereocenters. The van der Waals surface area contributed by atoms with Crippen LogP contribution in [-0.2, 0) is 29.0 Å². The van der Waals surface area contributed by atoms with Crippen LogP contribution in [-0.4, -0.2) is 26.9 Å². The van der Waals surface area contributed by atoms with Gasteiger partial charge in [-0.1, -0.05) is 12.5 Å². The molecule has 2 rings (SSSR count). The van der Waals surface area contributed by atoms with Crippen molar-refractivity contribution in [3.05, 3.63) is 28.5 Å². The summed E-state index contributed by atoms with van der Waals surface area (Å²) in [7, 11) is 0. The van der Waals surface area contributed by atoms with Crippen molar-refractivity contribution in [3.63, 3.8) is 0 Å². The van der Waals surface area contributed by atoms with E-state index in [1.165, 1.54) is 10.8 Å². The minimum absolute atomic E-state index is 0.0922. The Labute approximate surface area is 111 Å². The summed E-state index contributed by atoms with van der Waals surface area (Å²) < 4.78 is 7.91. The van der Waals surface area contributed by atoms with Crippen LogP contribution in [0.25, 0.3) is 0 Å². The highest BCUT2D eigenvalue weighted by molar-refractivity contribution is 5.81. The number of fused-ring (bicyclic) bond motifs is 1. The molecule has 104 valence electrons. The summed E-state index contributed by atoms with van der Waals surface area (Å²) in [6.45, 7) is 3.15. The van der Waals surface area contributed by atoms with Gasteiger partial charge in [0.2, 0.25) is 0 Å². The van der Waals surface area contributed by atoms with Crippen LogP contribution in [0.4, 0.5) is 0 Å². The molecule has 0 fully saturated rings. The second kappa shape index (κ2) is 6.36. The summed E-state index contributed by atoms with van der Waals surface area (Å²) in [6, 6.07) is 0. The van der Waals surface area contributed by atoms with Crippen molar-refractivity contribution < 1.29 is 9.53 Å². The highest BCUT2D eigenvalue weighted by atomic mass is 16.5. The second-order valence-corrected chi connectivity index (χ2v) is 4.50. The maximum atomic E-state index is 12.1. The van der Waals surface area contributed by atoms with Gasteiger partial charge in [0.25, 0.3) is 0 Å². The molecule has 2 heterocycles. The summed E-state index contributed by atoms with van der Waals surface area (Å²) in [4.78, 5) is 23.2. The Bertz CT molecular complexity index is 528. The van der Waals surface area contributed by atoms with Gasteiger partial charge in [-0.3, -0.25) is 4.57 Å². The smallest absolute Gasteiger partial charge is 0.346 e. The van der Waals surface area contributed by atoms with E-state index in [0.29, 0.717) is 13.2 Å². The molecule has 0 saturated carbocycles. The number of allylic oxidation sites excluding steroid dienone is 1. The molecule has 0 saturated heterocycles. The van der Waals surface area contributed by atoms with Crippen LogP contribution in [0, 0.1) is 0 Å². The van der Waals surface area contributed by atoms with Crippen LogP contribution >= 0.6 is 0 Å². The Hall–Kier alpha value is -1.85. The molecule has 1 aromatic heterocycles. The van der Waals surface area contributed by atoms with E-state index in [-0.39, 0.29) is 5.69 Å². The quantitative estimate of drug-likeness (QED) is 0.599. The van der Waals surface area contributed by atoms with Crippen molar-refractivity contribution in [2.24, 2.45) is 0 Å². The third-order valence-corrected chi connectivity index (χ3v) is 3.10. The number of hydrogen-bond acceptors (Lipinski definition) is 4. The van der Waals surface area contributed by atoms with Crippen molar-refractivity contribution >= 4 is 5.97 Å². The summed E-state index contributed by atoms with van der Waals surface area (Å²) in [5.74, 6) is 0.461. The number of nitrogens with zero attached hydrogens (tertiary/aromatic N) is 3. The molecule has 1 aliphatic heterocycles. The minimum atomic E-state index is -0.392. The zero-order chi connectivity index (χ0) is 13.7. The number of ether oxygens (including phenoxy) is 1. The van der Waals surface area contributed by atoms with E-state index >= 15 is 0 Å². The van der Waals surface area contributed by atoms with E-state index in [4.69, 9.17) is 4.74 Å². The van der Waals surface area contributed by atoms with Crippen molar-refractivity contribution in [3.8, 4) is 0 Å². The molecule has 19 heavy (non-hydrogen) atoms. The monoisotopic (exact) mass is 265 g/mol. The van der Waals surface area contributed by atoms with Gasteiger partial charge in [-0.15, -0.1) is 0 Å². The van der Waals surface area contributed by atoms with Gasteiger partial charge in [0, 0.05) is 19.0 Å². The lowest BCUT2D eigenvalue weighted by Gasteiger charge is -1.97. The van der Waals surface area contributed by atoms with Crippen LogP contribution in [0.1, 0.15) is 32.0 Å². The summed E-state index contributed by atoms with van der Waals surface area (Å²) in [5.41, 5.74) is -0.0922. The van der Waals surface area contributed by atoms with Crippen LogP contribution in [0.2, 0.25) is 0 Å². The van der Waals surface area contributed by atoms with Gasteiger partial charge in [0.05, 0.1) is 13.2 Å². The van der Waals surface area contributed by atoms with E-state index < -0.39 is 5.97 Å². The number of esters is 1. The molecule has 1 aliphatic rings. The number of carbonyl (C=O) groups excluding carboxylic acids is 1. The average Bonchev–Trinajstić information content (AvgIpc) is 2.57. The van der Waals surface area contributed by atoms with Gasteiger partial charge < -0.3 is 4.74 Å². The Kier molecular flexibility index (Phi) is 4.54. The average molecular weight is 265 g/mol. The fourth-order valence-corrected chi connectivity index (χ4v) is 2.18. The summed E-state index contributed by atoms with van der Waals surface area (Å²) in [6.07, 6.45) is 7.04. The zero-order valence-corrected chi connectivity index (χ0v) is 11.2. The maximum absolute atomic E-state index is 12.1. The molecule has 0 amide bonds. The molecule has 0 spiro atoms. The molecule has 6 heteroatoms.